The lowest BCUT2D eigenvalue weighted by Crippen LogP contribution is -2.30. The molecule has 0 aromatic carbocycles. The number of rotatable bonds is 4. The average Bonchev–Trinajstić information content (AvgIpc) is 2.79. The molecule has 0 bridgehead atoms. The van der Waals surface area contributed by atoms with Gasteiger partial charge in [0.2, 0.25) is 0 Å². The first-order chi connectivity index (χ1) is 5.91. The largest absolute Gasteiger partial charge is 0.396 e. The van der Waals surface area contributed by atoms with Gasteiger partial charge in [-0.2, -0.15) is 13.2 Å². The van der Waals surface area contributed by atoms with Crippen molar-refractivity contribution >= 4 is 0 Å². The minimum Gasteiger partial charge on any atom is -0.378 e. The van der Waals surface area contributed by atoms with Crippen LogP contribution >= 0.6 is 0 Å². The van der Waals surface area contributed by atoms with Gasteiger partial charge in [0, 0.05) is 0 Å². The molecule has 13 heavy (non-hydrogen) atoms. The summed E-state index contributed by atoms with van der Waals surface area (Å²) in [4.78, 5) is 0. The molecule has 1 nitrogen and oxygen atoms in total. The predicted molar refractivity (Wildman–Crippen MR) is 43.4 cm³/mol. The van der Waals surface area contributed by atoms with Gasteiger partial charge in [-0.1, -0.05) is 6.92 Å². The van der Waals surface area contributed by atoms with Crippen LogP contribution in [-0.2, 0) is 4.74 Å². The van der Waals surface area contributed by atoms with Crippen LogP contribution in [0.5, 0.6) is 0 Å². The number of hydrogen-bond donors (Lipinski definition) is 0. The van der Waals surface area contributed by atoms with Crippen LogP contribution in [0.15, 0.2) is 0 Å². The molecule has 1 rings (SSSR count). The van der Waals surface area contributed by atoms with Crippen LogP contribution in [0, 0.1) is 5.41 Å². The first kappa shape index (κ1) is 10.8. The fourth-order valence-electron chi connectivity index (χ4n) is 1.08. The van der Waals surface area contributed by atoms with Crippen LogP contribution in [0.4, 0.5) is 13.2 Å². The third-order valence-corrected chi connectivity index (χ3v) is 2.67. The number of hydrogen-bond acceptors (Lipinski definition) is 1. The van der Waals surface area contributed by atoms with Gasteiger partial charge in [-0.25, -0.2) is 0 Å². The van der Waals surface area contributed by atoms with Crippen molar-refractivity contribution in [2.24, 2.45) is 5.41 Å². The van der Waals surface area contributed by atoms with Gasteiger partial charge in [-0.15, -0.1) is 0 Å². The zero-order valence-corrected chi connectivity index (χ0v) is 7.95. The van der Waals surface area contributed by atoms with Crippen LogP contribution in [-0.4, -0.2) is 18.9 Å². The maximum Gasteiger partial charge on any atom is 0.396 e. The van der Waals surface area contributed by atoms with Gasteiger partial charge in [0.25, 0.3) is 0 Å². The number of halogens is 3. The molecule has 0 aliphatic heterocycles. The molecule has 0 heterocycles. The van der Waals surface area contributed by atoms with Crippen molar-refractivity contribution in [3.63, 3.8) is 0 Å². The average molecular weight is 196 g/mol. The molecule has 1 unspecified atom stereocenters. The highest BCUT2D eigenvalue weighted by molar-refractivity contribution is 4.99. The second-order valence-electron chi connectivity index (χ2n) is 3.81. The minimum atomic E-state index is -4.08. The van der Waals surface area contributed by atoms with Gasteiger partial charge in [0.05, 0.1) is 18.1 Å². The predicted octanol–water partition coefficient (Wildman–Crippen LogP) is 3.14. The summed E-state index contributed by atoms with van der Waals surface area (Å²) in [5.41, 5.74) is -1.50. The summed E-state index contributed by atoms with van der Waals surface area (Å²) in [5, 5.41) is 0. The van der Waals surface area contributed by atoms with Crippen LogP contribution in [0.1, 0.15) is 33.1 Å². The topological polar surface area (TPSA) is 9.23 Å². The van der Waals surface area contributed by atoms with Crippen molar-refractivity contribution in [2.75, 3.05) is 6.61 Å². The maximum absolute atomic E-state index is 12.4. The van der Waals surface area contributed by atoms with Crippen LogP contribution < -0.4 is 0 Å². The summed E-state index contributed by atoms with van der Waals surface area (Å²) in [5.74, 6) is 0. The van der Waals surface area contributed by atoms with Crippen molar-refractivity contribution in [1.29, 1.82) is 0 Å². The van der Waals surface area contributed by atoms with E-state index in [1.165, 1.54) is 0 Å². The number of alkyl halides is 3. The van der Waals surface area contributed by atoms with E-state index in [9.17, 15) is 13.2 Å². The first-order valence-corrected chi connectivity index (χ1v) is 4.59. The molecule has 1 saturated carbocycles. The Morgan fingerprint density at radius 1 is 1.38 bits per heavy atom. The third-order valence-electron chi connectivity index (χ3n) is 2.67. The monoisotopic (exact) mass is 196 g/mol. The first-order valence-electron chi connectivity index (χ1n) is 4.59. The Balaban J connectivity index is 2.36. The summed E-state index contributed by atoms with van der Waals surface area (Å²) in [6.07, 6.45) is -2.94. The van der Waals surface area contributed by atoms with E-state index >= 15 is 0 Å². The molecule has 78 valence electrons. The molecule has 0 amide bonds. The number of ether oxygens (including phenoxy) is 1. The Bertz CT molecular complexity index is 172. The summed E-state index contributed by atoms with van der Waals surface area (Å²) < 4.78 is 42.2. The lowest BCUT2D eigenvalue weighted by molar-refractivity contribution is -0.205. The zero-order chi connectivity index (χ0) is 10.1. The van der Waals surface area contributed by atoms with Crippen molar-refractivity contribution in [3.05, 3.63) is 0 Å². The van der Waals surface area contributed by atoms with Crippen molar-refractivity contribution in [3.8, 4) is 0 Å². The molecule has 0 radical (unpaired) electrons. The van der Waals surface area contributed by atoms with E-state index in [2.05, 4.69) is 0 Å². The van der Waals surface area contributed by atoms with Crippen LogP contribution in [0.25, 0.3) is 0 Å². The molecular weight excluding hydrogens is 181 g/mol. The highest BCUT2D eigenvalue weighted by Crippen LogP contribution is 2.57. The standard InChI is InChI=1S/C9H15F3O/c1-3-7(2)13-6-8(4-5-8)9(10,11)12/h7H,3-6H2,1-2H3. The summed E-state index contributed by atoms with van der Waals surface area (Å²) in [7, 11) is 0. The molecule has 0 spiro atoms. The Morgan fingerprint density at radius 3 is 2.23 bits per heavy atom. The maximum atomic E-state index is 12.4. The molecule has 1 aliphatic carbocycles. The van der Waals surface area contributed by atoms with Crippen molar-refractivity contribution in [2.45, 2.75) is 45.4 Å². The molecule has 4 heteroatoms. The second-order valence-corrected chi connectivity index (χ2v) is 3.81. The SMILES string of the molecule is CCC(C)OCC1(C(F)(F)F)CC1. The van der Waals surface area contributed by atoms with E-state index in [-0.39, 0.29) is 25.6 Å². The molecule has 0 aromatic rings. The summed E-state index contributed by atoms with van der Waals surface area (Å²) in [6.45, 7) is 3.54. The molecule has 1 fully saturated rings. The lowest BCUT2D eigenvalue weighted by atomic mass is 10.1. The second kappa shape index (κ2) is 3.48. The zero-order valence-electron chi connectivity index (χ0n) is 7.95. The molecule has 1 atom stereocenters. The molecule has 1 aliphatic rings. The van der Waals surface area contributed by atoms with Crippen molar-refractivity contribution < 1.29 is 17.9 Å². The smallest absolute Gasteiger partial charge is 0.378 e. The molecule has 0 N–H and O–H groups in total. The van der Waals surface area contributed by atoms with E-state index in [4.69, 9.17) is 4.74 Å². The van der Waals surface area contributed by atoms with Gasteiger partial charge < -0.3 is 4.74 Å². The summed E-state index contributed by atoms with van der Waals surface area (Å²) >= 11 is 0. The fourth-order valence-corrected chi connectivity index (χ4v) is 1.08. The highest BCUT2D eigenvalue weighted by atomic mass is 19.4. The van der Waals surface area contributed by atoms with Crippen molar-refractivity contribution in [1.82, 2.24) is 0 Å². The Kier molecular flexibility index (Phi) is 2.90. The van der Waals surface area contributed by atoms with Gasteiger partial charge in [0.1, 0.15) is 0 Å². The van der Waals surface area contributed by atoms with Crippen LogP contribution in [0.2, 0.25) is 0 Å². The lowest BCUT2D eigenvalue weighted by Gasteiger charge is -2.21. The van der Waals surface area contributed by atoms with Crippen LogP contribution in [0.3, 0.4) is 0 Å². The third kappa shape index (κ3) is 2.36. The summed E-state index contributed by atoms with van der Waals surface area (Å²) in [6, 6.07) is 0. The van der Waals surface area contributed by atoms with Gasteiger partial charge in [-0.05, 0) is 26.2 Å². The van der Waals surface area contributed by atoms with E-state index < -0.39 is 11.6 Å². The highest BCUT2D eigenvalue weighted by Gasteiger charge is 2.63. The molecular formula is C9H15F3O. The normalized spacial score (nSPS) is 22.8. The van der Waals surface area contributed by atoms with E-state index in [0.717, 1.165) is 6.42 Å². The van der Waals surface area contributed by atoms with E-state index in [1.807, 2.05) is 6.92 Å². The Labute approximate surface area is 76.3 Å². The Hall–Kier alpha value is -0.250. The minimum absolute atomic E-state index is 0.0696. The molecule has 0 saturated heterocycles. The van der Waals surface area contributed by atoms with Gasteiger partial charge >= 0.3 is 6.18 Å². The van der Waals surface area contributed by atoms with E-state index in [0.29, 0.717) is 0 Å². The molecule has 0 aromatic heterocycles. The van der Waals surface area contributed by atoms with Gasteiger partial charge in [0.15, 0.2) is 0 Å². The van der Waals surface area contributed by atoms with E-state index in [1.54, 1.807) is 6.92 Å². The Morgan fingerprint density at radius 2 is 1.92 bits per heavy atom. The van der Waals surface area contributed by atoms with Gasteiger partial charge in [-0.3, -0.25) is 0 Å². The fraction of sp³-hybridized carbons (Fsp3) is 1.00. The quantitative estimate of drug-likeness (QED) is 0.671.